The number of carbonyl (C=O) groups is 2. The summed E-state index contributed by atoms with van der Waals surface area (Å²) >= 11 is 1.47. The molecule has 2 N–H and O–H groups in total. The van der Waals surface area contributed by atoms with E-state index in [2.05, 4.69) is 10.6 Å². The third-order valence-electron chi connectivity index (χ3n) is 4.14. The Bertz CT molecular complexity index is 692. The standard InChI is InChI=1S/C19H22N2O3S/c22-17(18-4-2-12-25-18)9-10-20-15-7-5-14(6-8-15)19(23)21-13-16-3-1-11-24-16/h2,4-8,12,16,20H,1,3,9-11,13H2,(H,21,23)/t16-/m0/s1. The molecule has 25 heavy (non-hydrogen) atoms. The lowest BCUT2D eigenvalue weighted by Gasteiger charge is -2.11. The van der Waals surface area contributed by atoms with Gasteiger partial charge in [-0.1, -0.05) is 6.07 Å². The zero-order chi connectivity index (χ0) is 17.5. The summed E-state index contributed by atoms with van der Waals surface area (Å²) in [5.41, 5.74) is 1.52. The first-order valence-corrected chi connectivity index (χ1v) is 9.41. The van der Waals surface area contributed by atoms with E-state index in [0.29, 0.717) is 25.1 Å². The molecule has 132 valence electrons. The van der Waals surface area contributed by atoms with E-state index in [4.69, 9.17) is 4.74 Å². The van der Waals surface area contributed by atoms with Gasteiger partial charge in [-0.25, -0.2) is 0 Å². The molecular weight excluding hydrogens is 336 g/mol. The molecule has 3 rings (SSSR count). The van der Waals surface area contributed by atoms with Gasteiger partial charge in [-0.3, -0.25) is 9.59 Å². The highest BCUT2D eigenvalue weighted by Crippen LogP contribution is 2.14. The van der Waals surface area contributed by atoms with Crippen LogP contribution in [-0.2, 0) is 4.74 Å². The summed E-state index contributed by atoms with van der Waals surface area (Å²) in [6, 6.07) is 11.0. The fourth-order valence-electron chi connectivity index (χ4n) is 2.73. The molecular formula is C19H22N2O3S. The van der Waals surface area contributed by atoms with Crippen LogP contribution in [0, 0.1) is 0 Å². The summed E-state index contributed by atoms with van der Waals surface area (Å²) in [7, 11) is 0. The Labute approximate surface area is 151 Å². The van der Waals surface area contributed by atoms with Crippen molar-refractivity contribution < 1.29 is 14.3 Å². The number of rotatable bonds is 8. The first kappa shape index (κ1) is 17.6. The van der Waals surface area contributed by atoms with Gasteiger partial charge in [0.25, 0.3) is 5.91 Å². The van der Waals surface area contributed by atoms with Crippen molar-refractivity contribution in [3.8, 4) is 0 Å². The molecule has 5 nitrogen and oxygen atoms in total. The van der Waals surface area contributed by atoms with Gasteiger partial charge in [0.1, 0.15) is 0 Å². The third-order valence-corrected chi connectivity index (χ3v) is 5.05. The molecule has 0 unspecified atom stereocenters. The van der Waals surface area contributed by atoms with Crippen LogP contribution in [0.4, 0.5) is 5.69 Å². The molecule has 0 bridgehead atoms. The van der Waals surface area contributed by atoms with Gasteiger partial charge in [-0.05, 0) is 48.6 Å². The summed E-state index contributed by atoms with van der Waals surface area (Å²) in [6.07, 6.45) is 2.67. The Kier molecular flexibility index (Phi) is 6.19. The van der Waals surface area contributed by atoms with Gasteiger partial charge in [-0.2, -0.15) is 0 Å². The van der Waals surface area contributed by atoms with Crippen LogP contribution in [-0.4, -0.2) is 37.5 Å². The molecule has 1 saturated heterocycles. The van der Waals surface area contributed by atoms with E-state index >= 15 is 0 Å². The first-order chi connectivity index (χ1) is 12.2. The number of amides is 1. The molecule has 1 aromatic heterocycles. The molecule has 2 heterocycles. The number of ether oxygens (including phenoxy) is 1. The number of Topliss-reactive ketones (excluding diaryl/α,β-unsaturated/α-hetero) is 1. The van der Waals surface area contributed by atoms with Crippen molar-refractivity contribution in [1.82, 2.24) is 5.32 Å². The Morgan fingerprint density at radius 2 is 2.04 bits per heavy atom. The maximum absolute atomic E-state index is 12.1. The molecule has 1 aliphatic rings. The van der Waals surface area contributed by atoms with E-state index in [9.17, 15) is 9.59 Å². The number of benzene rings is 1. The average molecular weight is 358 g/mol. The molecule has 2 aromatic rings. The van der Waals surface area contributed by atoms with E-state index in [-0.39, 0.29) is 17.8 Å². The lowest BCUT2D eigenvalue weighted by molar-refractivity contribution is 0.0857. The first-order valence-electron chi connectivity index (χ1n) is 8.53. The van der Waals surface area contributed by atoms with E-state index in [1.54, 1.807) is 12.1 Å². The van der Waals surface area contributed by atoms with Gasteiger partial charge in [-0.15, -0.1) is 11.3 Å². The lowest BCUT2D eigenvalue weighted by atomic mass is 10.1. The quantitative estimate of drug-likeness (QED) is 0.710. The minimum atomic E-state index is -0.0880. The average Bonchev–Trinajstić information content (AvgIpc) is 3.34. The molecule has 1 amide bonds. The lowest BCUT2D eigenvalue weighted by Crippen LogP contribution is -2.31. The van der Waals surface area contributed by atoms with Gasteiger partial charge in [0.15, 0.2) is 5.78 Å². The predicted molar refractivity (Wildman–Crippen MR) is 99.5 cm³/mol. The molecule has 1 aliphatic heterocycles. The van der Waals surface area contributed by atoms with Crippen LogP contribution >= 0.6 is 11.3 Å². The van der Waals surface area contributed by atoms with Crippen LogP contribution in [0.2, 0.25) is 0 Å². The fraction of sp³-hybridized carbons (Fsp3) is 0.368. The molecule has 0 spiro atoms. The Balaban J connectivity index is 1.42. The van der Waals surface area contributed by atoms with Crippen LogP contribution in [0.5, 0.6) is 0 Å². The second-order valence-electron chi connectivity index (χ2n) is 6.00. The summed E-state index contributed by atoms with van der Waals surface area (Å²) in [5, 5.41) is 8.02. The van der Waals surface area contributed by atoms with E-state index in [1.807, 2.05) is 29.6 Å². The van der Waals surface area contributed by atoms with E-state index in [0.717, 1.165) is 30.0 Å². The molecule has 0 saturated carbocycles. The highest BCUT2D eigenvalue weighted by molar-refractivity contribution is 7.12. The highest BCUT2D eigenvalue weighted by Gasteiger charge is 2.16. The molecule has 0 radical (unpaired) electrons. The van der Waals surface area contributed by atoms with Crippen molar-refractivity contribution in [1.29, 1.82) is 0 Å². The van der Waals surface area contributed by atoms with Crippen LogP contribution < -0.4 is 10.6 Å². The summed E-state index contributed by atoms with van der Waals surface area (Å²) in [6.45, 7) is 1.92. The summed E-state index contributed by atoms with van der Waals surface area (Å²) < 4.78 is 5.50. The van der Waals surface area contributed by atoms with Gasteiger partial charge in [0, 0.05) is 37.4 Å². The number of carbonyl (C=O) groups excluding carboxylic acids is 2. The second-order valence-corrected chi connectivity index (χ2v) is 6.95. The van der Waals surface area contributed by atoms with Crippen LogP contribution in [0.25, 0.3) is 0 Å². The zero-order valence-corrected chi connectivity index (χ0v) is 14.8. The van der Waals surface area contributed by atoms with Crippen molar-refractivity contribution in [3.63, 3.8) is 0 Å². The smallest absolute Gasteiger partial charge is 0.251 e. The molecule has 6 heteroatoms. The van der Waals surface area contributed by atoms with Gasteiger partial charge < -0.3 is 15.4 Å². The number of thiophene rings is 1. The van der Waals surface area contributed by atoms with Crippen molar-refractivity contribution in [2.75, 3.05) is 25.0 Å². The van der Waals surface area contributed by atoms with Crippen LogP contribution in [0.15, 0.2) is 41.8 Å². The van der Waals surface area contributed by atoms with E-state index < -0.39 is 0 Å². The monoisotopic (exact) mass is 358 g/mol. The topological polar surface area (TPSA) is 67.4 Å². The molecule has 1 atom stereocenters. The molecule has 1 aromatic carbocycles. The van der Waals surface area contributed by atoms with Crippen molar-refractivity contribution >= 4 is 28.7 Å². The minimum absolute atomic E-state index is 0.0880. The number of ketones is 1. The minimum Gasteiger partial charge on any atom is -0.385 e. The van der Waals surface area contributed by atoms with Gasteiger partial charge in [0.2, 0.25) is 0 Å². The maximum atomic E-state index is 12.1. The summed E-state index contributed by atoms with van der Waals surface area (Å²) in [5.74, 6) is 0.0579. The molecule has 0 aliphatic carbocycles. The van der Waals surface area contributed by atoms with E-state index in [1.165, 1.54) is 11.3 Å². The van der Waals surface area contributed by atoms with Gasteiger partial charge >= 0.3 is 0 Å². The number of hydrogen-bond acceptors (Lipinski definition) is 5. The Morgan fingerprint density at radius 3 is 2.72 bits per heavy atom. The van der Waals surface area contributed by atoms with Crippen LogP contribution in [0.1, 0.15) is 39.3 Å². The van der Waals surface area contributed by atoms with Gasteiger partial charge in [0.05, 0.1) is 11.0 Å². The zero-order valence-electron chi connectivity index (χ0n) is 14.0. The maximum Gasteiger partial charge on any atom is 0.251 e. The number of hydrogen-bond donors (Lipinski definition) is 2. The number of anilines is 1. The highest BCUT2D eigenvalue weighted by atomic mass is 32.1. The second kappa shape index (κ2) is 8.78. The fourth-order valence-corrected chi connectivity index (χ4v) is 3.43. The SMILES string of the molecule is O=C(NC[C@@H]1CCCO1)c1ccc(NCCC(=O)c2cccs2)cc1. The number of nitrogens with one attached hydrogen (secondary N) is 2. The van der Waals surface area contributed by atoms with Crippen molar-refractivity contribution in [3.05, 3.63) is 52.2 Å². The normalized spacial score (nSPS) is 16.6. The third kappa shape index (κ3) is 5.14. The van der Waals surface area contributed by atoms with Crippen molar-refractivity contribution in [2.24, 2.45) is 0 Å². The summed E-state index contributed by atoms with van der Waals surface area (Å²) in [4.78, 5) is 24.8. The van der Waals surface area contributed by atoms with Crippen molar-refractivity contribution in [2.45, 2.75) is 25.4 Å². The van der Waals surface area contributed by atoms with Crippen LogP contribution in [0.3, 0.4) is 0 Å². The Morgan fingerprint density at radius 1 is 1.20 bits per heavy atom. The molecule has 1 fully saturated rings. The largest absolute Gasteiger partial charge is 0.385 e. The predicted octanol–water partition coefficient (Wildman–Crippen LogP) is 3.34. The Hall–Kier alpha value is -2.18.